The number of para-hydroxylation sites is 12. The Bertz CT molecular complexity index is 6250. The molecule has 0 unspecified atom stereocenters. The third-order valence-corrected chi connectivity index (χ3v) is 23.9. The molecule has 0 saturated carbocycles. The lowest BCUT2D eigenvalue weighted by atomic mass is 9.99. The van der Waals surface area contributed by atoms with Crippen molar-refractivity contribution in [1.82, 2.24) is 29.9 Å². The minimum absolute atomic E-state index is 0.482. The van der Waals surface area contributed by atoms with Crippen LogP contribution in [0.3, 0.4) is 0 Å². The Morgan fingerprint density at radius 1 is 0.0909 bits per heavy atom. The van der Waals surface area contributed by atoms with Crippen LogP contribution in [0.4, 0.5) is 102 Å². The lowest BCUT2D eigenvalue weighted by Gasteiger charge is -2.26. The highest BCUT2D eigenvalue weighted by molar-refractivity contribution is 6.20. The van der Waals surface area contributed by atoms with Gasteiger partial charge in [0.2, 0.25) is 0 Å². The smallest absolute Gasteiger partial charge is 0.120 e. The van der Waals surface area contributed by atoms with E-state index in [1.165, 1.54) is 0 Å². The van der Waals surface area contributed by atoms with Crippen molar-refractivity contribution in [1.29, 1.82) is 0 Å². The van der Waals surface area contributed by atoms with Crippen molar-refractivity contribution in [2.75, 3.05) is 29.4 Å². The number of benzene rings is 19. The molecule has 0 aliphatic rings. The van der Waals surface area contributed by atoms with Gasteiger partial charge in [-0.1, -0.05) is 291 Å². The zero-order chi connectivity index (χ0) is 87.9. The number of anilines is 18. The molecule has 0 radical (unpaired) electrons. The maximum atomic E-state index is 6.14. The van der Waals surface area contributed by atoms with Crippen molar-refractivity contribution in [2.24, 2.45) is 0 Å². The first-order valence-electron chi connectivity index (χ1n) is 44.3. The molecule has 624 valence electrons. The van der Waals surface area contributed by atoms with E-state index in [-0.39, 0.29) is 0 Å². The molecule has 12 nitrogen and oxygen atoms in total. The van der Waals surface area contributed by atoms with Gasteiger partial charge in [0.1, 0.15) is 33.1 Å². The standard InChI is InChI=1S/C120H84N12/c1-13-37-91(38-14-1)127(92-39-15-2-16-40-92)103-73-61-85(62-74-103)109-110(86-63-75-104(76-64-86)128(93-41-17-3-18-42-93)94-43-19-4-20-44-94)122-116-115(121-109)117-119(125-112(88-67-79-106(80-68-88)130(97-49-25-7-26-50-97)98-51-27-8-28-52-98)111(123-117)87-65-77-105(78-66-87)129(95-45-21-5-22-46-95)96-47-23-6-24-48-96)120-118(116)124-113(89-69-81-107(82-70-89)131(99-53-29-9-30-54-99)100-55-31-10-32-56-100)114(126-120)90-71-83-108(84-72-90)132(101-57-33-11-34-58-101)102-59-35-12-36-60-102/h1-84H. The predicted molar refractivity (Wildman–Crippen MR) is 546 cm³/mol. The van der Waals surface area contributed by atoms with Crippen LogP contribution in [0.5, 0.6) is 0 Å². The summed E-state index contributed by atoms with van der Waals surface area (Å²) >= 11 is 0. The Morgan fingerprint density at radius 3 is 0.265 bits per heavy atom. The predicted octanol–water partition coefficient (Wildman–Crippen LogP) is 32.3. The van der Waals surface area contributed by atoms with E-state index in [0.29, 0.717) is 67.3 Å². The number of fused-ring (bicyclic) bond motifs is 6. The summed E-state index contributed by atoms with van der Waals surface area (Å²) in [7, 11) is 0. The molecule has 0 saturated heterocycles. The van der Waals surface area contributed by atoms with Crippen molar-refractivity contribution < 1.29 is 0 Å². The van der Waals surface area contributed by atoms with Crippen LogP contribution in [-0.2, 0) is 0 Å². The number of hydrogen-bond acceptors (Lipinski definition) is 12. The molecule has 0 aliphatic carbocycles. The van der Waals surface area contributed by atoms with Crippen LogP contribution in [0, 0.1) is 0 Å². The fourth-order valence-corrected chi connectivity index (χ4v) is 17.7. The minimum atomic E-state index is 0.482. The van der Waals surface area contributed by atoms with Crippen LogP contribution in [0.1, 0.15) is 0 Å². The van der Waals surface area contributed by atoms with E-state index in [1.807, 2.05) is 0 Å². The normalized spacial score (nSPS) is 11.2. The second kappa shape index (κ2) is 36.2. The highest BCUT2D eigenvalue weighted by atomic mass is 15.2. The summed E-state index contributed by atoms with van der Waals surface area (Å²) < 4.78 is 0. The summed E-state index contributed by atoms with van der Waals surface area (Å²) in [5.41, 5.74) is 29.5. The Balaban J connectivity index is 0.832. The number of aromatic nitrogens is 6. The topological polar surface area (TPSA) is 96.8 Å². The molecule has 132 heavy (non-hydrogen) atoms. The van der Waals surface area contributed by atoms with Gasteiger partial charge in [0.05, 0.1) is 34.2 Å². The highest BCUT2D eigenvalue weighted by Crippen LogP contribution is 2.48. The van der Waals surface area contributed by atoms with Crippen molar-refractivity contribution in [3.63, 3.8) is 0 Å². The summed E-state index contributed by atoms with van der Waals surface area (Å²) in [4.78, 5) is 50.5. The maximum absolute atomic E-state index is 6.14. The van der Waals surface area contributed by atoms with Gasteiger partial charge < -0.3 is 29.4 Å². The van der Waals surface area contributed by atoms with Crippen molar-refractivity contribution >= 4 is 135 Å². The van der Waals surface area contributed by atoms with Crippen molar-refractivity contribution in [3.8, 4) is 67.5 Å². The van der Waals surface area contributed by atoms with E-state index in [9.17, 15) is 0 Å². The summed E-state index contributed by atoms with van der Waals surface area (Å²) in [6.45, 7) is 0. The van der Waals surface area contributed by atoms with Gasteiger partial charge in [-0.25, -0.2) is 29.9 Å². The van der Waals surface area contributed by atoms with Crippen molar-refractivity contribution in [3.05, 3.63) is 510 Å². The fourth-order valence-electron chi connectivity index (χ4n) is 17.7. The molecule has 22 rings (SSSR count). The monoisotopic (exact) mass is 1690 g/mol. The molecule has 0 atom stereocenters. The van der Waals surface area contributed by atoms with Crippen LogP contribution in [0.25, 0.3) is 101 Å². The molecule has 0 spiro atoms. The van der Waals surface area contributed by atoms with Crippen LogP contribution in [0.2, 0.25) is 0 Å². The first-order valence-corrected chi connectivity index (χ1v) is 44.3. The van der Waals surface area contributed by atoms with Crippen LogP contribution >= 0.6 is 0 Å². The lowest BCUT2D eigenvalue weighted by molar-refractivity contribution is 1.23. The molecule has 0 N–H and O–H groups in total. The summed E-state index contributed by atoms with van der Waals surface area (Å²) in [6.07, 6.45) is 0. The highest BCUT2D eigenvalue weighted by Gasteiger charge is 2.29. The SMILES string of the molecule is c1ccc(N(c2ccccc2)c2ccc(-c3nc4c5nc(-c6ccc(N(c7ccccc7)c7ccccc7)cc6)c(-c6ccc(N(c7ccccc7)c7ccccc7)cc6)nc5c5nc(-c6ccc(N(c7ccccc7)c7ccccc7)cc6)c(-c6ccc(N(c7ccccc7)c7ccccc7)cc6)nc5c4nc3-c3ccc(N(c4ccccc4)c4ccccc4)cc3)cc2)cc1. The first-order chi connectivity index (χ1) is 65.5. The number of rotatable bonds is 24. The average molecular weight is 1690 g/mol. The summed E-state index contributed by atoms with van der Waals surface area (Å²) in [6, 6.07) is 178. The minimum Gasteiger partial charge on any atom is -0.311 e. The molecule has 0 bridgehead atoms. The molecule has 0 amide bonds. The van der Waals surface area contributed by atoms with Gasteiger partial charge in [-0.2, -0.15) is 0 Å². The van der Waals surface area contributed by atoms with E-state index in [1.54, 1.807) is 0 Å². The Kier molecular flexibility index (Phi) is 21.9. The second-order valence-corrected chi connectivity index (χ2v) is 32.2. The van der Waals surface area contributed by atoms with Gasteiger partial charge in [-0.05, 0) is 218 Å². The van der Waals surface area contributed by atoms with Gasteiger partial charge in [-0.3, -0.25) is 0 Å². The van der Waals surface area contributed by atoms with E-state index >= 15 is 0 Å². The van der Waals surface area contributed by atoms with Gasteiger partial charge in [-0.15, -0.1) is 0 Å². The maximum Gasteiger partial charge on any atom is 0.120 e. The largest absolute Gasteiger partial charge is 0.311 e. The van der Waals surface area contributed by atoms with E-state index < -0.39 is 0 Å². The summed E-state index contributed by atoms with van der Waals surface area (Å²) in [5.74, 6) is 0. The number of hydrogen-bond donors (Lipinski definition) is 0. The first kappa shape index (κ1) is 79.9. The van der Waals surface area contributed by atoms with Gasteiger partial charge >= 0.3 is 0 Å². The van der Waals surface area contributed by atoms with Gasteiger partial charge in [0.25, 0.3) is 0 Å². The molecular formula is C120H84N12. The van der Waals surface area contributed by atoms with Crippen LogP contribution < -0.4 is 29.4 Å². The molecule has 19 aromatic carbocycles. The molecule has 3 heterocycles. The van der Waals surface area contributed by atoms with E-state index in [4.69, 9.17) is 29.9 Å². The van der Waals surface area contributed by atoms with Crippen LogP contribution in [-0.4, -0.2) is 29.9 Å². The molecule has 12 heteroatoms. The fraction of sp³-hybridized carbons (Fsp3) is 0. The quantitative estimate of drug-likeness (QED) is 0.0539. The third-order valence-electron chi connectivity index (χ3n) is 23.9. The number of nitrogens with zero attached hydrogens (tertiary/aromatic N) is 12. The molecule has 3 aromatic heterocycles. The second-order valence-electron chi connectivity index (χ2n) is 32.2. The Hall–Kier alpha value is -18.0. The third kappa shape index (κ3) is 16.0. The Morgan fingerprint density at radius 2 is 0.174 bits per heavy atom. The molecular weight excluding hydrogens is 1610 g/mol. The summed E-state index contributed by atoms with van der Waals surface area (Å²) in [5, 5.41) is 0. The van der Waals surface area contributed by atoms with Gasteiger partial charge in [0, 0.05) is 136 Å². The Labute approximate surface area is 766 Å². The zero-order valence-electron chi connectivity index (χ0n) is 71.9. The molecule has 0 fully saturated rings. The lowest BCUT2D eigenvalue weighted by Crippen LogP contribution is -2.10. The molecule has 0 aliphatic heterocycles. The van der Waals surface area contributed by atoms with E-state index in [2.05, 4.69) is 539 Å². The van der Waals surface area contributed by atoms with Gasteiger partial charge in [0.15, 0.2) is 0 Å². The zero-order valence-corrected chi connectivity index (χ0v) is 71.9. The molecule has 22 aromatic rings. The van der Waals surface area contributed by atoms with Crippen LogP contribution in [0.15, 0.2) is 510 Å². The average Bonchev–Trinajstić information content (AvgIpc) is 0.709. The van der Waals surface area contributed by atoms with Crippen molar-refractivity contribution in [2.45, 2.75) is 0 Å². The van der Waals surface area contributed by atoms with E-state index in [0.717, 1.165) is 136 Å².